The second-order valence-corrected chi connectivity index (χ2v) is 7.29. The van der Waals surface area contributed by atoms with Crippen molar-refractivity contribution in [2.45, 2.75) is 25.1 Å². The second-order valence-electron chi connectivity index (χ2n) is 7.29. The predicted molar refractivity (Wildman–Crippen MR) is 113 cm³/mol. The number of amides is 1. The number of nitrogens with zero attached hydrogens (tertiary/aromatic N) is 2. The first kappa shape index (κ1) is 23.2. The molecular formula is C22H20F3N3O6. The van der Waals surface area contributed by atoms with Crippen molar-refractivity contribution < 1.29 is 41.8 Å². The molecule has 4 rings (SSSR count). The number of alkyl halides is 3. The van der Waals surface area contributed by atoms with Crippen LogP contribution in [0.15, 0.2) is 40.6 Å². The minimum Gasteiger partial charge on any atom is -0.493 e. The first-order valence-electron chi connectivity index (χ1n) is 10.1. The van der Waals surface area contributed by atoms with E-state index in [9.17, 15) is 18.0 Å². The highest BCUT2D eigenvalue weighted by Gasteiger charge is 2.33. The van der Waals surface area contributed by atoms with E-state index in [1.54, 1.807) is 6.07 Å². The van der Waals surface area contributed by atoms with Gasteiger partial charge in [0.2, 0.25) is 18.3 Å². The molecule has 0 fully saturated rings. The van der Waals surface area contributed by atoms with Gasteiger partial charge in [0.1, 0.15) is 11.8 Å². The van der Waals surface area contributed by atoms with Crippen molar-refractivity contribution in [3.05, 3.63) is 47.0 Å². The third-order valence-corrected chi connectivity index (χ3v) is 5.14. The zero-order valence-electron chi connectivity index (χ0n) is 18.1. The third-order valence-electron chi connectivity index (χ3n) is 5.14. The van der Waals surface area contributed by atoms with Crippen molar-refractivity contribution in [1.82, 2.24) is 5.43 Å². The standard InChI is InChI=1S/C22H20F3N3O6/c1-30-17-8-13(18(31-2)20-19(17)32-11-33-20)7-14-9-16(28-34-14)21(29)27-26-10-12-5-3-4-6-15(12)22(23,24)25/h3-6,8,10,14H,7,9,11H2,1-2H3,(H,27,29)/b26-10-/t14-/m0/s1. The molecule has 1 atom stereocenters. The predicted octanol–water partition coefficient (Wildman–Crippen LogP) is 3.29. The van der Waals surface area contributed by atoms with E-state index in [1.807, 2.05) is 0 Å². The van der Waals surface area contributed by atoms with Crippen LogP contribution in [0, 0.1) is 0 Å². The molecule has 180 valence electrons. The van der Waals surface area contributed by atoms with Crippen LogP contribution < -0.4 is 24.4 Å². The number of carbonyl (C=O) groups excluding carboxylic acids is 1. The summed E-state index contributed by atoms with van der Waals surface area (Å²) < 4.78 is 60.9. The topological polar surface area (TPSA) is 100.0 Å². The summed E-state index contributed by atoms with van der Waals surface area (Å²) >= 11 is 0. The lowest BCUT2D eigenvalue weighted by Gasteiger charge is -2.15. The molecular weight excluding hydrogens is 459 g/mol. The normalized spacial score (nSPS) is 16.9. The molecule has 2 heterocycles. The second kappa shape index (κ2) is 9.49. The lowest BCUT2D eigenvalue weighted by atomic mass is 10.0. The van der Waals surface area contributed by atoms with Gasteiger partial charge < -0.3 is 23.8 Å². The van der Waals surface area contributed by atoms with Crippen LogP contribution in [0.4, 0.5) is 13.2 Å². The van der Waals surface area contributed by atoms with Gasteiger partial charge in [0.25, 0.3) is 5.91 Å². The lowest BCUT2D eigenvalue weighted by Crippen LogP contribution is -2.27. The number of nitrogens with one attached hydrogen (secondary N) is 1. The third kappa shape index (κ3) is 4.70. The number of benzene rings is 2. The highest BCUT2D eigenvalue weighted by Crippen LogP contribution is 2.50. The van der Waals surface area contributed by atoms with E-state index in [0.29, 0.717) is 35.0 Å². The highest BCUT2D eigenvalue weighted by atomic mass is 19.4. The smallest absolute Gasteiger partial charge is 0.417 e. The van der Waals surface area contributed by atoms with E-state index < -0.39 is 23.8 Å². The van der Waals surface area contributed by atoms with E-state index in [4.69, 9.17) is 23.8 Å². The Morgan fingerprint density at radius 1 is 1.24 bits per heavy atom. The van der Waals surface area contributed by atoms with E-state index >= 15 is 0 Å². The number of oxime groups is 1. The zero-order chi connectivity index (χ0) is 24.3. The van der Waals surface area contributed by atoms with E-state index in [0.717, 1.165) is 12.3 Å². The fourth-order valence-electron chi connectivity index (χ4n) is 3.60. The van der Waals surface area contributed by atoms with Crippen LogP contribution in [0.5, 0.6) is 23.0 Å². The molecule has 12 heteroatoms. The van der Waals surface area contributed by atoms with Crippen LogP contribution in [0.2, 0.25) is 0 Å². The first-order chi connectivity index (χ1) is 16.3. The zero-order valence-corrected chi connectivity index (χ0v) is 18.1. The monoisotopic (exact) mass is 479 g/mol. The van der Waals surface area contributed by atoms with Gasteiger partial charge in [-0.1, -0.05) is 23.4 Å². The van der Waals surface area contributed by atoms with Gasteiger partial charge in [-0.2, -0.15) is 18.3 Å². The van der Waals surface area contributed by atoms with Crippen molar-refractivity contribution in [3.8, 4) is 23.0 Å². The number of hydrazone groups is 1. The van der Waals surface area contributed by atoms with Crippen LogP contribution in [0.1, 0.15) is 23.1 Å². The average Bonchev–Trinajstić information content (AvgIpc) is 3.48. The Bertz CT molecular complexity index is 1150. The maximum Gasteiger partial charge on any atom is 0.417 e. The number of fused-ring (bicyclic) bond motifs is 1. The van der Waals surface area contributed by atoms with Gasteiger partial charge in [-0.05, 0) is 12.1 Å². The Balaban J connectivity index is 1.39. The molecule has 0 saturated heterocycles. The van der Waals surface area contributed by atoms with Gasteiger partial charge in [-0.25, -0.2) is 5.43 Å². The van der Waals surface area contributed by atoms with Crippen LogP contribution in [0.3, 0.4) is 0 Å². The van der Waals surface area contributed by atoms with Crippen molar-refractivity contribution in [2.75, 3.05) is 21.0 Å². The van der Waals surface area contributed by atoms with Crippen molar-refractivity contribution in [2.24, 2.45) is 10.3 Å². The fraction of sp³-hybridized carbons (Fsp3) is 0.318. The molecule has 2 aromatic carbocycles. The van der Waals surface area contributed by atoms with Gasteiger partial charge in [-0.15, -0.1) is 0 Å². The maximum absolute atomic E-state index is 13.1. The first-order valence-corrected chi connectivity index (χ1v) is 10.1. The summed E-state index contributed by atoms with van der Waals surface area (Å²) in [7, 11) is 2.99. The van der Waals surface area contributed by atoms with Crippen LogP contribution in [-0.2, 0) is 22.2 Å². The minimum absolute atomic E-state index is 0.0346. The number of halogens is 3. The summed E-state index contributed by atoms with van der Waals surface area (Å²) in [5.41, 5.74) is 1.90. The summed E-state index contributed by atoms with van der Waals surface area (Å²) in [5.74, 6) is 1.11. The molecule has 2 aromatic rings. The molecule has 0 saturated carbocycles. The van der Waals surface area contributed by atoms with Crippen molar-refractivity contribution in [1.29, 1.82) is 0 Å². The Kier molecular flexibility index (Phi) is 6.48. The molecule has 0 aromatic heterocycles. The minimum atomic E-state index is -4.54. The van der Waals surface area contributed by atoms with Gasteiger partial charge in [0, 0.05) is 24.0 Å². The number of carbonyl (C=O) groups is 1. The summed E-state index contributed by atoms with van der Waals surface area (Å²) in [6, 6.07) is 6.63. The molecule has 1 amide bonds. The van der Waals surface area contributed by atoms with Gasteiger partial charge in [0.15, 0.2) is 11.5 Å². The molecule has 2 aliphatic heterocycles. The number of methoxy groups -OCH3 is 2. The summed E-state index contributed by atoms with van der Waals surface area (Å²) in [5, 5.41) is 7.42. The molecule has 0 bridgehead atoms. The molecule has 9 nitrogen and oxygen atoms in total. The van der Waals surface area contributed by atoms with E-state index in [1.165, 1.54) is 32.4 Å². The van der Waals surface area contributed by atoms with Gasteiger partial charge in [0.05, 0.1) is 26.0 Å². The fourth-order valence-corrected chi connectivity index (χ4v) is 3.60. The Morgan fingerprint density at radius 2 is 2.00 bits per heavy atom. The maximum atomic E-state index is 13.1. The summed E-state index contributed by atoms with van der Waals surface area (Å²) in [6.45, 7) is 0.0346. The largest absolute Gasteiger partial charge is 0.493 e. The average molecular weight is 479 g/mol. The van der Waals surface area contributed by atoms with Crippen molar-refractivity contribution in [3.63, 3.8) is 0 Å². The van der Waals surface area contributed by atoms with Crippen molar-refractivity contribution >= 4 is 17.8 Å². The summed E-state index contributed by atoms with van der Waals surface area (Å²) in [6.07, 6.45) is -3.63. The van der Waals surface area contributed by atoms with E-state index in [-0.39, 0.29) is 24.5 Å². The Morgan fingerprint density at radius 3 is 2.74 bits per heavy atom. The number of hydrogen-bond donors (Lipinski definition) is 1. The number of rotatable bonds is 7. The number of hydrogen-bond acceptors (Lipinski definition) is 8. The molecule has 2 aliphatic rings. The van der Waals surface area contributed by atoms with Gasteiger partial charge in [-0.3, -0.25) is 4.79 Å². The lowest BCUT2D eigenvalue weighted by molar-refractivity contribution is -0.137. The molecule has 1 N–H and O–H groups in total. The van der Waals surface area contributed by atoms with Crippen LogP contribution in [-0.4, -0.2) is 44.9 Å². The molecule has 0 radical (unpaired) electrons. The molecule has 0 unspecified atom stereocenters. The van der Waals surface area contributed by atoms with Crippen LogP contribution >= 0.6 is 0 Å². The Hall–Kier alpha value is -3.96. The molecule has 0 spiro atoms. The Labute approximate surface area is 192 Å². The van der Waals surface area contributed by atoms with E-state index in [2.05, 4.69) is 15.7 Å². The van der Waals surface area contributed by atoms with Gasteiger partial charge >= 0.3 is 6.18 Å². The number of ether oxygens (including phenoxy) is 4. The quantitative estimate of drug-likeness (QED) is 0.483. The van der Waals surface area contributed by atoms with Crippen LogP contribution in [0.25, 0.3) is 0 Å². The molecule has 34 heavy (non-hydrogen) atoms. The molecule has 0 aliphatic carbocycles. The SMILES string of the molecule is COc1cc(C[C@H]2CC(C(=O)N/N=C\c3ccccc3C(F)(F)F)=NO2)c(OC)c2c1OCO2. The summed E-state index contributed by atoms with van der Waals surface area (Å²) in [4.78, 5) is 17.7. The highest BCUT2D eigenvalue weighted by molar-refractivity contribution is 6.39.